The van der Waals surface area contributed by atoms with Gasteiger partial charge in [0, 0.05) is 16.6 Å². The fourth-order valence-corrected chi connectivity index (χ4v) is 4.45. The molecule has 0 aromatic heterocycles. The first-order valence-electron chi connectivity index (χ1n) is 9.91. The second kappa shape index (κ2) is 9.02. The number of hydrogen-bond donors (Lipinski definition) is 3. The van der Waals surface area contributed by atoms with Gasteiger partial charge in [-0.1, -0.05) is 43.0 Å². The highest BCUT2D eigenvalue weighted by molar-refractivity contribution is 6.30. The van der Waals surface area contributed by atoms with E-state index in [0.29, 0.717) is 6.04 Å². The van der Waals surface area contributed by atoms with E-state index in [2.05, 4.69) is 12.2 Å². The maximum atomic E-state index is 13.2. The molecule has 2 aliphatic rings. The fraction of sp³-hybridized carbons (Fsp3) is 0.650. The number of quaternary nitrogens is 2. The third-order valence-corrected chi connectivity index (χ3v) is 6.18. The van der Waals surface area contributed by atoms with Crippen LogP contribution in [0.2, 0.25) is 5.02 Å². The van der Waals surface area contributed by atoms with Crippen LogP contribution < -0.4 is 15.1 Å². The first-order chi connectivity index (χ1) is 12.2. The molecule has 1 amide bonds. The largest absolute Gasteiger partial charge is 0.348 e. The third kappa shape index (κ3) is 4.96. The van der Waals surface area contributed by atoms with Gasteiger partial charge in [0.25, 0.3) is 5.91 Å². The topological polar surface area (TPSA) is 38.0 Å². The smallest absolute Gasteiger partial charge is 0.283 e. The van der Waals surface area contributed by atoms with E-state index < -0.39 is 0 Å². The van der Waals surface area contributed by atoms with Crippen LogP contribution in [-0.4, -0.2) is 44.7 Å². The summed E-state index contributed by atoms with van der Waals surface area (Å²) in [5.74, 6) is 0.198. The Labute approximate surface area is 156 Å². The van der Waals surface area contributed by atoms with Crippen molar-refractivity contribution in [3.05, 3.63) is 34.9 Å². The second-order valence-electron chi connectivity index (χ2n) is 7.59. The van der Waals surface area contributed by atoms with Crippen LogP contribution in [0, 0.1) is 0 Å². The molecule has 1 aromatic carbocycles. The van der Waals surface area contributed by atoms with Gasteiger partial charge in [-0.3, -0.25) is 4.79 Å². The Kier molecular flexibility index (Phi) is 6.74. The minimum atomic E-state index is -0.113. The molecule has 5 heteroatoms. The van der Waals surface area contributed by atoms with E-state index in [1.54, 1.807) is 4.90 Å². The molecule has 1 saturated heterocycles. The van der Waals surface area contributed by atoms with E-state index >= 15 is 0 Å². The summed E-state index contributed by atoms with van der Waals surface area (Å²) in [6, 6.07) is 8.12. The van der Waals surface area contributed by atoms with E-state index in [-0.39, 0.29) is 11.9 Å². The van der Waals surface area contributed by atoms with E-state index in [4.69, 9.17) is 11.6 Å². The summed E-state index contributed by atoms with van der Waals surface area (Å²) in [5.41, 5.74) is 1.09. The Hall–Kier alpha value is -1.10. The summed E-state index contributed by atoms with van der Waals surface area (Å²) in [4.78, 5) is 16.2. The number of amides is 1. The van der Waals surface area contributed by atoms with Crippen LogP contribution in [0.3, 0.4) is 0 Å². The molecular formula is C20H32ClN3O+2. The van der Waals surface area contributed by atoms with Gasteiger partial charge in [-0.05, 0) is 31.9 Å². The summed E-state index contributed by atoms with van der Waals surface area (Å²) in [5, 5.41) is 4.08. The molecule has 1 aliphatic heterocycles. The molecule has 3 rings (SSSR count). The van der Waals surface area contributed by atoms with Crippen molar-refractivity contribution in [3.63, 3.8) is 0 Å². The molecule has 1 atom stereocenters. The number of nitrogens with one attached hydrogen (secondary N) is 3. The summed E-state index contributed by atoms with van der Waals surface area (Å²) in [7, 11) is 0. The molecule has 3 N–H and O–H groups in total. The van der Waals surface area contributed by atoms with Crippen molar-refractivity contribution in [2.75, 3.05) is 32.7 Å². The van der Waals surface area contributed by atoms with E-state index in [0.717, 1.165) is 49.6 Å². The number of halogens is 1. The minimum Gasteiger partial charge on any atom is -0.348 e. The van der Waals surface area contributed by atoms with Crippen LogP contribution in [0.1, 0.15) is 50.6 Å². The van der Waals surface area contributed by atoms with Gasteiger partial charge in [0.05, 0.1) is 6.54 Å². The normalized spacial score (nSPS) is 26.2. The van der Waals surface area contributed by atoms with Crippen molar-refractivity contribution in [1.82, 2.24) is 5.32 Å². The molecule has 0 bridgehead atoms. The van der Waals surface area contributed by atoms with Crippen molar-refractivity contribution in [2.24, 2.45) is 0 Å². The zero-order chi connectivity index (χ0) is 17.6. The lowest BCUT2D eigenvalue weighted by molar-refractivity contribution is -1.02. The molecule has 1 aromatic rings. The summed E-state index contributed by atoms with van der Waals surface area (Å²) in [6.07, 6.45) is 6.04. The molecule has 1 unspecified atom stereocenters. The van der Waals surface area contributed by atoms with Gasteiger partial charge in [-0.15, -0.1) is 0 Å². The van der Waals surface area contributed by atoms with Gasteiger partial charge in [-0.2, -0.15) is 0 Å². The molecule has 2 fully saturated rings. The highest BCUT2D eigenvalue weighted by Crippen LogP contribution is 2.19. The first-order valence-corrected chi connectivity index (χ1v) is 10.3. The molecule has 1 saturated carbocycles. The summed E-state index contributed by atoms with van der Waals surface area (Å²) >= 11 is 6.06. The van der Waals surface area contributed by atoms with Crippen molar-refractivity contribution < 1.29 is 14.6 Å². The second-order valence-corrected chi connectivity index (χ2v) is 8.03. The summed E-state index contributed by atoms with van der Waals surface area (Å²) < 4.78 is 0. The Morgan fingerprint density at radius 2 is 1.76 bits per heavy atom. The van der Waals surface area contributed by atoms with Crippen LogP contribution in [0.25, 0.3) is 0 Å². The predicted molar refractivity (Wildman–Crippen MR) is 101 cm³/mol. The molecule has 0 radical (unpaired) electrons. The van der Waals surface area contributed by atoms with Crippen LogP contribution in [0.15, 0.2) is 24.3 Å². The van der Waals surface area contributed by atoms with Gasteiger partial charge < -0.3 is 15.1 Å². The Morgan fingerprint density at radius 1 is 1.12 bits per heavy atom. The van der Waals surface area contributed by atoms with Crippen molar-refractivity contribution >= 4 is 17.5 Å². The molecular weight excluding hydrogens is 334 g/mol. The molecule has 4 nitrogen and oxygen atoms in total. The lowest BCUT2D eigenvalue weighted by Crippen LogP contribution is -3.28. The van der Waals surface area contributed by atoms with Crippen molar-refractivity contribution in [2.45, 2.75) is 51.1 Å². The standard InChI is InChI=1S/C20H30ClN3O/c1-2-23-12-14-24(15-13-23)19(16-8-10-17(21)11-9-16)20(25)22-18-6-4-3-5-7-18/h8-11,18-19H,2-7,12-15H2,1H3,(H,22,25)/p+2. The van der Waals surface area contributed by atoms with Crippen LogP contribution in [0.4, 0.5) is 0 Å². The van der Waals surface area contributed by atoms with Crippen LogP contribution >= 0.6 is 11.6 Å². The number of carbonyl (C=O) groups is 1. The van der Waals surface area contributed by atoms with Gasteiger partial charge in [-0.25, -0.2) is 0 Å². The molecule has 1 aliphatic carbocycles. The zero-order valence-electron chi connectivity index (χ0n) is 15.3. The summed E-state index contributed by atoms with van der Waals surface area (Å²) in [6.45, 7) is 7.81. The highest BCUT2D eigenvalue weighted by Gasteiger charge is 2.36. The first kappa shape index (κ1) is 18.7. The maximum absolute atomic E-state index is 13.2. The average molecular weight is 366 g/mol. The van der Waals surface area contributed by atoms with Gasteiger partial charge >= 0.3 is 0 Å². The number of piperazine rings is 1. The molecule has 25 heavy (non-hydrogen) atoms. The van der Waals surface area contributed by atoms with E-state index in [9.17, 15) is 4.79 Å². The quantitative estimate of drug-likeness (QED) is 0.703. The lowest BCUT2D eigenvalue weighted by atomic mass is 9.94. The Balaban J connectivity index is 1.73. The molecule has 138 valence electrons. The monoisotopic (exact) mass is 365 g/mol. The van der Waals surface area contributed by atoms with Crippen molar-refractivity contribution in [1.29, 1.82) is 0 Å². The average Bonchev–Trinajstić information content (AvgIpc) is 2.65. The predicted octanol–water partition coefficient (Wildman–Crippen LogP) is 0.633. The number of benzene rings is 1. The maximum Gasteiger partial charge on any atom is 0.283 e. The van der Waals surface area contributed by atoms with Crippen LogP contribution in [0.5, 0.6) is 0 Å². The highest BCUT2D eigenvalue weighted by atomic mass is 35.5. The lowest BCUT2D eigenvalue weighted by Gasteiger charge is -2.34. The number of rotatable bonds is 5. The van der Waals surface area contributed by atoms with Crippen molar-refractivity contribution in [3.8, 4) is 0 Å². The van der Waals surface area contributed by atoms with Crippen LogP contribution in [-0.2, 0) is 4.79 Å². The minimum absolute atomic E-state index is 0.113. The van der Waals surface area contributed by atoms with Gasteiger partial charge in [0.15, 0.2) is 6.04 Å². The van der Waals surface area contributed by atoms with Gasteiger partial charge in [0.2, 0.25) is 0 Å². The SMILES string of the molecule is CC[NH+]1CC[NH+](C(C(=O)NC2CCCCC2)c2ccc(Cl)cc2)CC1. The number of likely N-dealkylation sites (N-methyl/N-ethyl adjacent to an activating group) is 1. The molecule has 0 spiro atoms. The molecule has 1 heterocycles. The van der Waals surface area contributed by atoms with Gasteiger partial charge in [0.1, 0.15) is 26.2 Å². The fourth-order valence-electron chi connectivity index (χ4n) is 4.33. The third-order valence-electron chi connectivity index (χ3n) is 5.92. The van der Waals surface area contributed by atoms with E-state index in [1.807, 2.05) is 24.3 Å². The number of hydrogen-bond acceptors (Lipinski definition) is 1. The Morgan fingerprint density at radius 3 is 2.36 bits per heavy atom. The van der Waals surface area contributed by atoms with E-state index in [1.165, 1.54) is 30.7 Å². The Bertz CT molecular complexity index is 549. The zero-order valence-corrected chi connectivity index (χ0v) is 16.1. The number of carbonyl (C=O) groups excluding carboxylic acids is 1.